The van der Waals surface area contributed by atoms with Gasteiger partial charge in [-0.15, -0.1) is 0 Å². The molecule has 0 atom stereocenters. The Kier molecular flexibility index (Phi) is 3.85. The van der Waals surface area contributed by atoms with E-state index in [1.54, 1.807) is 0 Å². The van der Waals surface area contributed by atoms with E-state index in [4.69, 9.17) is 0 Å². The third kappa shape index (κ3) is 3.00. The third-order valence-corrected chi connectivity index (χ3v) is 4.67. The molecule has 23 heavy (non-hydrogen) atoms. The Labute approximate surface area is 135 Å². The molecule has 1 aliphatic rings. The highest BCUT2D eigenvalue weighted by Gasteiger charge is 2.19. The number of hydrogen-bond acceptors (Lipinski definition) is 4. The number of nitrogens with one attached hydrogen (secondary N) is 1. The Hall–Kier alpha value is -2.18. The van der Waals surface area contributed by atoms with Crippen LogP contribution >= 0.6 is 0 Å². The Balaban J connectivity index is 1.35. The van der Waals surface area contributed by atoms with Gasteiger partial charge in [-0.2, -0.15) is 5.10 Å². The van der Waals surface area contributed by atoms with Gasteiger partial charge in [-0.1, -0.05) is 18.2 Å². The Morgan fingerprint density at radius 2 is 1.78 bits per heavy atom. The summed E-state index contributed by atoms with van der Waals surface area (Å²) >= 11 is 0. The molecular weight excluding hydrogens is 288 g/mol. The predicted molar refractivity (Wildman–Crippen MR) is 89.9 cm³/mol. The SMILES string of the molecule is Cn1ccnc1CN1CCN(Cc2[nH]nc3ccccc23)CC1. The molecule has 2 aromatic heterocycles. The highest BCUT2D eigenvalue weighted by Crippen LogP contribution is 2.17. The van der Waals surface area contributed by atoms with Crippen LogP contribution in [0.2, 0.25) is 0 Å². The molecule has 1 aliphatic heterocycles. The minimum absolute atomic E-state index is 0.935. The van der Waals surface area contributed by atoms with Gasteiger partial charge >= 0.3 is 0 Å². The van der Waals surface area contributed by atoms with Crippen LogP contribution in [0.4, 0.5) is 0 Å². The lowest BCUT2D eigenvalue weighted by molar-refractivity contribution is 0.118. The molecule has 1 N–H and O–H groups in total. The summed E-state index contributed by atoms with van der Waals surface area (Å²) in [5, 5.41) is 8.82. The van der Waals surface area contributed by atoms with Gasteiger partial charge in [0.05, 0.1) is 17.8 Å². The summed E-state index contributed by atoms with van der Waals surface area (Å²) < 4.78 is 2.10. The molecule has 120 valence electrons. The standard InChI is InChI=1S/C17H22N6/c1-21-7-6-18-17(21)13-23-10-8-22(9-11-23)12-16-14-4-2-3-5-15(14)19-20-16/h2-7H,8-13H2,1H3,(H,19,20). The van der Waals surface area contributed by atoms with E-state index < -0.39 is 0 Å². The van der Waals surface area contributed by atoms with Crippen LogP contribution in [0.3, 0.4) is 0 Å². The first kappa shape index (κ1) is 14.4. The summed E-state index contributed by atoms with van der Waals surface area (Å²) in [5.41, 5.74) is 2.27. The number of aryl methyl sites for hydroxylation is 1. The van der Waals surface area contributed by atoms with Crippen LogP contribution in [0.15, 0.2) is 36.7 Å². The van der Waals surface area contributed by atoms with Gasteiger partial charge in [-0.05, 0) is 6.07 Å². The summed E-state index contributed by atoms with van der Waals surface area (Å²) in [4.78, 5) is 9.39. The van der Waals surface area contributed by atoms with Crippen molar-refractivity contribution in [1.29, 1.82) is 0 Å². The zero-order chi connectivity index (χ0) is 15.6. The Morgan fingerprint density at radius 3 is 2.52 bits per heavy atom. The molecule has 4 rings (SSSR count). The van der Waals surface area contributed by atoms with Crippen LogP contribution in [-0.2, 0) is 20.1 Å². The van der Waals surface area contributed by atoms with E-state index in [9.17, 15) is 0 Å². The zero-order valence-corrected chi connectivity index (χ0v) is 13.4. The Bertz CT molecular complexity index is 781. The molecule has 0 saturated carbocycles. The second-order valence-electron chi connectivity index (χ2n) is 6.23. The van der Waals surface area contributed by atoms with Crippen molar-refractivity contribution in [3.8, 4) is 0 Å². The normalized spacial score (nSPS) is 17.1. The molecular formula is C17H22N6. The molecule has 0 amide bonds. The zero-order valence-electron chi connectivity index (χ0n) is 13.4. The molecule has 0 unspecified atom stereocenters. The lowest BCUT2D eigenvalue weighted by Crippen LogP contribution is -2.45. The van der Waals surface area contributed by atoms with Crippen molar-refractivity contribution in [3.05, 3.63) is 48.2 Å². The fraction of sp³-hybridized carbons (Fsp3) is 0.412. The first-order valence-corrected chi connectivity index (χ1v) is 8.12. The summed E-state index contributed by atoms with van der Waals surface area (Å²) in [6.07, 6.45) is 3.88. The lowest BCUT2D eigenvalue weighted by atomic mass is 10.2. The van der Waals surface area contributed by atoms with Gasteiger partial charge < -0.3 is 4.57 Å². The van der Waals surface area contributed by atoms with E-state index in [-0.39, 0.29) is 0 Å². The van der Waals surface area contributed by atoms with Gasteiger partial charge in [0, 0.05) is 57.6 Å². The topological polar surface area (TPSA) is 53.0 Å². The monoisotopic (exact) mass is 310 g/mol. The molecule has 3 heterocycles. The first-order valence-electron chi connectivity index (χ1n) is 8.12. The molecule has 0 aliphatic carbocycles. The molecule has 1 aromatic carbocycles. The summed E-state index contributed by atoms with van der Waals surface area (Å²) in [7, 11) is 2.06. The van der Waals surface area contributed by atoms with Crippen LogP contribution in [-0.4, -0.2) is 55.7 Å². The van der Waals surface area contributed by atoms with Crippen molar-refractivity contribution >= 4 is 10.9 Å². The van der Waals surface area contributed by atoms with Crippen LogP contribution in [0, 0.1) is 0 Å². The molecule has 0 radical (unpaired) electrons. The maximum atomic E-state index is 4.42. The quantitative estimate of drug-likeness (QED) is 0.795. The number of benzene rings is 1. The number of aromatic amines is 1. The van der Waals surface area contributed by atoms with Crippen LogP contribution in [0.1, 0.15) is 11.5 Å². The van der Waals surface area contributed by atoms with Gasteiger partial charge in [-0.3, -0.25) is 14.9 Å². The minimum Gasteiger partial charge on any atom is -0.337 e. The molecule has 1 saturated heterocycles. The van der Waals surface area contributed by atoms with Crippen molar-refractivity contribution in [2.45, 2.75) is 13.1 Å². The van der Waals surface area contributed by atoms with Crippen LogP contribution in [0.25, 0.3) is 10.9 Å². The van der Waals surface area contributed by atoms with Gasteiger partial charge in [0.15, 0.2) is 0 Å². The van der Waals surface area contributed by atoms with Crippen molar-refractivity contribution in [2.75, 3.05) is 26.2 Å². The van der Waals surface area contributed by atoms with Crippen molar-refractivity contribution in [3.63, 3.8) is 0 Å². The second kappa shape index (κ2) is 6.14. The maximum Gasteiger partial charge on any atom is 0.122 e. The maximum absolute atomic E-state index is 4.42. The highest BCUT2D eigenvalue weighted by atomic mass is 15.3. The van der Waals surface area contributed by atoms with Gasteiger partial charge in [0.1, 0.15) is 5.82 Å². The lowest BCUT2D eigenvalue weighted by Gasteiger charge is -2.34. The number of nitrogens with zero attached hydrogens (tertiary/aromatic N) is 5. The van der Waals surface area contributed by atoms with Gasteiger partial charge in [0.25, 0.3) is 0 Å². The molecule has 3 aromatic rings. The number of aromatic nitrogens is 4. The first-order chi connectivity index (χ1) is 11.3. The van der Waals surface area contributed by atoms with Gasteiger partial charge in [0.2, 0.25) is 0 Å². The van der Waals surface area contributed by atoms with Crippen LogP contribution < -0.4 is 0 Å². The van der Waals surface area contributed by atoms with Crippen molar-refractivity contribution < 1.29 is 0 Å². The van der Waals surface area contributed by atoms with E-state index in [1.165, 1.54) is 11.1 Å². The largest absolute Gasteiger partial charge is 0.337 e. The van der Waals surface area contributed by atoms with E-state index in [0.717, 1.165) is 50.6 Å². The number of fused-ring (bicyclic) bond motifs is 1. The number of imidazole rings is 1. The summed E-state index contributed by atoms with van der Waals surface area (Å²) in [6.45, 7) is 6.20. The molecule has 0 bridgehead atoms. The van der Waals surface area contributed by atoms with Gasteiger partial charge in [-0.25, -0.2) is 4.98 Å². The van der Waals surface area contributed by atoms with Crippen molar-refractivity contribution in [1.82, 2.24) is 29.5 Å². The summed E-state index contributed by atoms with van der Waals surface area (Å²) in [6, 6.07) is 8.31. The number of piperazine rings is 1. The van der Waals surface area contributed by atoms with E-state index in [0.29, 0.717) is 0 Å². The van der Waals surface area contributed by atoms with E-state index in [1.807, 2.05) is 18.5 Å². The van der Waals surface area contributed by atoms with E-state index in [2.05, 4.69) is 54.8 Å². The van der Waals surface area contributed by atoms with Crippen LogP contribution in [0.5, 0.6) is 0 Å². The third-order valence-electron chi connectivity index (χ3n) is 4.67. The summed E-state index contributed by atoms with van der Waals surface area (Å²) in [5.74, 6) is 1.14. The smallest absolute Gasteiger partial charge is 0.122 e. The van der Waals surface area contributed by atoms with Crippen molar-refractivity contribution in [2.24, 2.45) is 7.05 Å². The molecule has 0 spiro atoms. The predicted octanol–water partition coefficient (Wildman–Crippen LogP) is 1.61. The fourth-order valence-electron chi connectivity index (χ4n) is 3.21. The number of para-hydroxylation sites is 1. The Morgan fingerprint density at radius 1 is 1.04 bits per heavy atom. The second-order valence-corrected chi connectivity index (χ2v) is 6.23. The average Bonchev–Trinajstić information content (AvgIpc) is 3.17. The van der Waals surface area contributed by atoms with E-state index >= 15 is 0 Å². The highest BCUT2D eigenvalue weighted by molar-refractivity contribution is 5.81. The number of hydrogen-bond donors (Lipinski definition) is 1. The minimum atomic E-state index is 0.935. The average molecular weight is 310 g/mol. The fourth-order valence-corrected chi connectivity index (χ4v) is 3.21. The molecule has 6 heteroatoms. The number of H-pyrrole nitrogens is 1. The number of rotatable bonds is 4. The molecule has 1 fully saturated rings. The molecule has 6 nitrogen and oxygen atoms in total.